The van der Waals surface area contributed by atoms with Gasteiger partial charge in [-0.15, -0.1) is 0 Å². The van der Waals surface area contributed by atoms with Gasteiger partial charge in [0.05, 0.1) is 18.8 Å². The summed E-state index contributed by atoms with van der Waals surface area (Å²) < 4.78 is 5.08. The van der Waals surface area contributed by atoms with E-state index >= 15 is 0 Å². The fourth-order valence-corrected chi connectivity index (χ4v) is 2.14. The predicted octanol–water partition coefficient (Wildman–Crippen LogP) is 2.94. The van der Waals surface area contributed by atoms with Crippen LogP contribution in [0.15, 0.2) is 47.1 Å². The fourth-order valence-electron chi connectivity index (χ4n) is 2.14. The summed E-state index contributed by atoms with van der Waals surface area (Å²) in [5.41, 5.74) is 2.31. The molecule has 0 saturated heterocycles. The summed E-state index contributed by atoms with van der Waals surface area (Å²) in [5, 5.41) is 15.3. The first kappa shape index (κ1) is 16.1. The normalized spacial score (nSPS) is 13.4. The number of furan rings is 1. The molecule has 3 N–H and O–H groups in total. The molecule has 0 saturated carbocycles. The summed E-state index contributed by atoms with van der Waals surface area (Å²) in [7, 11) is 0. The molecule has 0 aliphatic carbocycles. The highest BCUT2D eigenvalue weighted by atomic mass is 16.4. The summed E-state index contributed by atoms with van der Waals surface area (Å²) >= 11 is 0. The lowest BCUT2D eigenvalue weighted by Crippen LogP contribution is -2.39. The van der Waals surface area contributed by atoms with E-state index in [1.54, 1.807) is 12.1 Å². The molecule has 5 heteroatoms. The standard InChI is InChI=1S/C17H22N2O3/c1-3-13-6-8-14(9-7-13)12(2)19-17(21)18-11-15(20)16-5-4-10-22-16/h4-10,12,15,20H,3,11H2,1-2H3,(H2,18,19,21). The summed E-state index contributed by atoms with van der Waals surface area (Å²) in [4.78, 5) is 11.9. The number of aliphatic hydroxyl groups excluding tert-OH is 1. The minimum absolute atomic E-state index is 0.0981. The quantitative estimate of drug-likeness (QED) is 0.768. The number of hydrogen-bond donors (Lipinski definition) is 3. The van der Waals surface area contributed by atoms with Crippen LogP contribution >= 0.6 is 0 Å². The zero-order valence-electron chi connectivity index (χ0n) is 12.9. The van der Waals surface area contributed by atoms with Gasteiger partial charge in [-0.25, -0.2) is 4.79 Å². The van der Waals surface area contributed by atoms with Gasteiger partial charge in [0.2, 0.25) is 0 Å². The molecular formula is C17H22N2O3. The molecule has 0 fully saturated rings. The lowest BCUT2D eigenvalue weighted by Gasteiger charge is -2.16. The molecule has 2 rings (SSSR count). The number of carbonyl (C=O) groups excluding carboxylic acids is 1. The topological polar surface area (TPSA) is 74.5 Å². The number of hydrogen-bond acceptors (Lipinski definition) is 3. The maximum absolute atomic E-state index is 11.9. The van der Waals surface area contributed by atoms with Crippen molar-refractivity contribution in [1.29, 1.82) is 0 Å². The molecule has 22 heavy (non-hydrogen) atoms. The largest absolute Gasteiger partial charge is 0.467 e. The number of nitrogens with one attached hydrogen (secondary N) is 2. The predicted molar refractivity (Wildman–Crippen MR) is 84.4 cm³/mol. The van der Waals surface area contributed by atoms with Crippen molar-refractivity contribution in [3.8, 4) is 0 Å². The first-order chi connectivity index (χ1) is 10.6. The molecular weight excluding hydrogens is 280 g/mol. The molecule has 0 aliphatic rings. The smallest absolute Gasteiger partial charge is 0.315 e. The van der Waals surface area contributed by atoms with Crippen LogP contribution in [0.5, 0.6) is 0 Å². The van der Waals surface area contributed by atoms with E-state index in [4.69, 9.17) is 4.42 Å². The van der Waals surface area contributed by atoms with Crippen LogP contribution in [0.25, 0.3) is 0 Å². The van der Waals surface area contributed by atoms with Gasteiger partial charge in [-0.05, 0) is 36.6 Å². The summed E-state index contributed by atoms with van der Waals surface area (Å²) in [6, 6.07) is 11.1. The third kappa shape index (κ3) is 4.36. The van der Waals surface area contributed by atoms with Gasteiger partial charge in [-0.1, -0.05) is 31.2 Å². The van der Waals surface area contributed by atoms with Crippen LogP contribution in [-0.4, -0.2) is 17.7 Å². The SMILES string of the molecule is CCc1ccc(C(C)NC(=O)NCC(O)c2ccco2)cc1. The van der Waals surface area contributed by atoms with Gasteiger partial charge >= 0.3 is 6.03 Å². The van der Waals surface area contributed by atoms with Gasteiger partial charge < -0.3 is 20.2 Å². The Balaban J connectivity index is 1.80. The molecule has 0 radical (unpaired) electrons. The van der Waals surface area contributed by atoms with Crippen LogP contribution in [0.1, 0.15) is 42.9 Å². The maximum Gasteiger partial charge on any atom is 0.315 e. The number of carbonyl (C=O) groups is 1. The van der Waals surface area contributed by atoms with E-state index in [0.717, 1.165) is 12.0 Å². The van der Waals surface area contributed by atoms with Crippen molar-refractivity contribution in [3.05, 3.63) is 59.5 Å². The molecule has 118 valence electrons. The van der Waals surface area contributed by atoms with Gasteiger partial charge in [0.1, 0.15) is 11.9 Å². The Morgan fingerprint density at radius 1 is 1.27 bits per heavy atom. The zero-order chi connectivity index (χ0) is 15.9. The average molecular weight is 302 g/mol. The van der Waals surface area contributed by atoms with E-state index in [0.29, 0.717) is 5.76 Å². The van der Waals surface area contributed by atoms with E-state index in [1.807, 2.05) is 19.1 Å². The second-order valence-electron chi connectivity index (χ2n) is 5.20. The zero-order valence-corrected chi connectivity index (χ0v) is 12.9. The lowest BCUT2D eigenvalue weighted by molar-refractivity contribution is 0.147. The fraction of sp³-hybridized carbons (Fsp3) is 0.353. The third-order valence-electron chi connectivity index (χ3n) is 3.56. The number of amides is 2. The van der Waals surface area contributed by atoms with Crippen LogP contribution in [0.3, 0.4) is 0 Å². The molecule has 2 unspecified atom stereocenters. The number of aryl methyl sites for hydroxylation is 1. The second kappa shape index (κ2) is 7.66. The Kier molecular flexibility index (Phi) is 5.61. The first-order valence-corrected chi connectivity index (χ1v) is 7.44. The monoisotopic (exact) mass is 302 g/mol. The Morgan fingerprint density at radius 3 is 2.59 bits per heavy atom. The van der Waals surface area contributed by atoms with Crippen LogP contribution in [0, 0.1) is 0 Å². The number of rotatable bonds is 6. The number of urea groups is 1. The van der Waals surface area contributed by atoms with Crippen molar-refractivity contribution in [2.75, 3.05) is 6.54 Å². The van der Waals surface area contributed by atoms with Crippen molar-refractivity contribution in [2.45, 2.75) is 32.4 Å². The second-order valence-corrected chi connectivity index (χ2v) is 5.20. The van der Waals surface area contributed by atoms with Gasteiger partial charge in [0.25, 0.3) is 0 Å². The molecule has 1 aromatic carbocycles. The molecule has 2 amide bonds. The molecule has 0 spiro atoms. The first-order valence-electron chi connectivity index (χ1n) is 7.44. The molecule has 5 nitrogen and oxygen atoms in total. The third-order valence-corrected chi connectivity index (χ3v) is 3.56. The van der Waals surface area contributed by atoms with Gasteiger partial charge in [-0.2, -0.15) is 0 Å². The summed E-state index contributed by atoms with van der Waals surface area (Å²) in [5.74, 6) is 0.434. The minimum atomic E-state index is -0.847. The Bertz CT molecular complexity index is 578. The van der Waals surface area contributed by atoms with Crippen LogP contribution in [0.4, 0.5) is 4.79 Å². The van der Waals surface area contributed by atoms with Crippen molar-refractivity contribution in [1.82, 2.24) is 10.6 Å². The number of aliphatic hydroxyl groups is 1. The highest BCUT2D eigenvalue weighted by Gasteiger charge is 2.13. The van der Waals surface area contributed by atoms with Gasteiger partial charge in [0, 0.05) is 0 Å². The van der Waals surface area contributed by atoms with Crippen LogP contribution in [-0.2, 0) is 6.42 Å². The van der Waals surface area contributed by atoms with Crippen molar-refractivity contribution in [3.63, 3.8) is 0 Å². The minimum Gasteiger partial charge on any atom is -0.467 e. The van der Waals surface area contributed by atoms with Crippen molar-refractivity contribution >= 4 is 6.03 Å². The van der Waals surface area contributed by atoms with E-state index in [2.05, 4.69) is 29.7 Å². The highest BCUT2D eigenvalue weighted by Crippen LogP contribution is 2.14. The molecule has 1 aromatic heterocycles. The maximum atomic E-state index is 11.9. The molecule has 0 bridgehead atoms. The Morgan fingerprint density at radius 2 is 2.00 bits per heavy atom. The Labute approximate surface area is 130 Å². The number of benzene rings is 1. The van der Waals surface area contributed by atoms with Gasteiger partial charge in [0.15, 0.2) is 0 Å². The average Bonchev–Trinajstić information content (AvgIpc) is 3.07. The highest BCUT2D eigenvalue weighted by molar-refractivity contribution is 5.74. The van der Waals surface area contributed by atoms with E-state index < -0.39 is 6.10 Å². The summed E-state index contributed by atoms with van der Waals surface area (Å²) in [6.45, 7) is 4.12. The molecule has 2 aromatic rings. The molecule has 2 atom stereocenters. The summed E-state index contributed by atoms with van der Waals surface area (Å²) in [6.07, 6.45) is 1.63. The molecule has 1 heterocycles. The van der Waals surface area contributed by atoms with Crippen molar-refractivity contribution in [2.24, 2.45) is 0 Å². The Hall–Kier alpha value is -2.27. The van der Waals surface area contributed by atoms with Crippen molar-refractivity contribution < 1.29 is 14.3 Å². The van der Waals surface area contributed by atoms with E-state index in [9.17, 15) is 9.90 Å². The van der Waals surface area contributed by atoms with Gasteiger partial charge in [-0.3, -0.25) is 0 Å². The van der Waals surface area contributed by atoms with E-state index in [-0.39, 0.29) is 18.6 Å². The lowest BCUT2D eigenvalue weighted by atomic mass is 10.1. The molecule has 0 aliphatic heterocycles. The van der Waals surface area contributed by atoms with Crippen LogP contribution in [0.2, 0.25) is 0 Å². The van der Waals surface area contributed by atoms with E-state index in [1.165, 1.54) is 11.8 Å². The van der Waals surface area contributed by atoms with Crippen LogP contribution < -0.4 is 10.6 Å².